The van der Waals surface area contributed by atoms with E-state index in [4.69, 9.17) is 4.74 Å². The Labute approximate surface area is 134 Å². The summed E-state index contributed by atoms with van der Waals surface area (Å²) < 4.78 is 7.57. The molecule has 4 nitrogen and oxygen atoms in total. The van der Waals surface area contributed by atoms with Gasteiger partial charge in [-0.15, -0.1) is 0 Å². The molecule has 2 aromatic carbocycles. The highest BCUT2D eigenvalue weighted by Gasteiger charge is 2.13. The van der Waals surface area contributed by atoms with Crippen molar-refractivity contribution in [3.8, 4) is 5.88 Å². The van der Waals surface area contributed by atoms with E-state index < -0.39 is 0 Å². The zero-order chi connectivity index (χ0) is 15.6. The first-order valence-electron chi connectivity index (χ1n) is 7.70. The number of hydrogen-bond donors (Lipinski definition) is 0. The predicted octanol–water partition coefficient (Wildman–Crippen LogP) is 3.68. The summed E-state index contributed by atoms with van der Waals surface area (Å²) in [5.74, 6) is 0.565. The van der Waals surface area contributed by atoms with Crippen molar-refractivity contribution in [3.63, 3.8) is 0 Å². The fraction of sp³-hybridized carbons (Fsp3) is 0.158. The number of ether oxygens (including phenoxy) is 1. The molecule has 0 saturated carbocycles. The molecule has 0 aliphatic heterocycles. The molecule has 114 valence electrons. The van der Waals surface area contributed by atoms with E-state index in [0.29, 0.717) is 5.88 Å². The first kappa shape index (κ1) is 13.8. The van der Waals surface area contributed by atoms with E-state index in [1.807, 2.05) is 30.5 Å². The van der Waals surface area contributed by atoms with Crippen LogP contribution in [0.3, 0.4) is 0 Å². The molecule has 0 amide bonds. The van der Waals surface area contributed by atoms with Crippen LogP contribution in [0.25, 0.3) is 16.7 Å². The van der Waals surface area contributed by atoms with Gasteiger partial charge in [-0.25, -0.2) is 9.97 Å². The van der Waals surface area contributed by atoms with Crippen LogP contribution in [0.5, 0.6) is 5.88 Å². The molecule has 0 spiro atoms. The molecular weight excluding hydrogens is 286 g/mol. The predicted molar refractivity (Wildman–Crippen MR) is 90.9 cm³/mol. The summed E-state index contributed by atoms with van der Waals surface area (Å²) in [5.41, 5.74) is 5.24. The lowest BCUT2D eigenvalue weighted by Crippen LogP contribution is -2.01. The third-order valence-corrected chi connectivity index (χ3v) is 4.08. The number of fused-ring (bicyclic) bond motifs is 3. The normalized spacial score (nSPS) is 11.2. The maximum absolute atomic E-state index is 5.42. The second kappa shape index (κ2) is 5.72. The molecule has 4 heteroatoms. The number of aryl methyl sites for hydroxylation is 2. The lowest BCUT2D eigenvalue weighted by atomic mass is 10.1. The van der Waals surface area contributed by atoms with E-state index in [0.717, 1.165) is 29.5 Å². The van der Waals surface area contributed by atoms with Crippen LogP contribution in [-0.2, 0) is 12.8 Å². The second-order valence-electron chi connectivity index (χ2n) is 5.50. The molecule has 0 saturated heterocycles. The molecule has 0 radical (unpaired) electrons. The molecule has 4 aromatic rings. The lowest BCUT2D eigenvalue weighted by Gasteiger charge is -2.09. The number of nitrogens with zero attached hydrogens (tertiary/aromatic N) is 3. The van der Waals surface area contributed by atoms with Gasteiger partial charge in [0.2, 0.25) is 5.65 Å². The number of methoxy groups -OCH3 is 1. The van der Waals surface area contributed by atoms with Crippen LogP contribution in [0.4, 0.5) is 0 Å². The van der Waals surface area contributed by atoms with E-state index in [1.165, 1.54) is 11.3 Å². The maximum Gasteiger partial charge on any atom is 0.258 e. The van der Waals surface area contributed by atoms with Gasteiger partial charge in [-0.2, -0.15) is 0 Å². The SMILES string of the molecule is COc1nc2ccccc2n2c(CCc3ccccc3)cnc12. The number of hydrogen-bond acceptors (Lipinski definition) is 3. The molecule has 0 fully saturated rings. The molecule has 0 bridgehead atoms. The van der Waals surface area contributed by atoms with Crippen molar-refractivity contribution < 1.29 is 4.74 Å². The second-order valence-corrected chi connectivity index (χ2v) is 5.50. The summed E-state index contributed by atoms with van der Waals surface area (Å²) >= 11 is 0. The topological polar surface area (TPSA) is 39.4 Å². The maximum atomic E-state index is 5.42. The van der Waals surface area contributed by atoms with E-state index in [1.54, 1.807) is 7.11 Å². The Kier molecular flexibility index (Phi) is 3.42. The average molecular weight is 303 g/mol. The van der Waals surface area contributed by atoms with Gasteiger partial charge in [-0.3, -0.25) is 4.40 Å². The molecule has 4 rings (SSSR count). The van der Waals surface area contributed by atoms with E-state index in [9.17, 15) is 0 Å². The molecule has 0 aliphatic rings. The minimum atomic E-state index is 0.565. The highest BCUT2D eigenvalue weighted by atomic mass is 16.5. The fourth-order valence-corrected chi connectivity index (χ4v) is 2.94. The monoisotopic (exact) mass is 303 g/mol. The fourth-order valence-electron chi connectivity index (χ4n) is 2.94. The molecule has 0 atom stereocenters. The third-order valence-electron chi connectivity index (χ3n) is 4.08. The third kappa shape index (κ3) is 2.42. The average Bonchev–Trinajstić information content (AvgIpc) is 3.04. The Hall–Kier alpha value is -2.88. The molecule has 23 heavy (non-hydrogen) atoms. The molecular formula is C19H17N3O. The summed E-state index contributed by atoms with van der Waals surface area (Å²) in [5, 5.41) is 0. The van der Waals surface area contributed by atoms with Gasteiger partial charge < -0.3 is 4.74 Å². The number of para-hydroxylation sites is 2. The molecule has 0 aliphatic carbocycles. The summed E-state index contributed by atoms with van der Waals surface area (Å²) in [7, 11) is 1.63. The van der Waals surface area contributed by atoms with Gasteiger partial charge in [-0.05, 0) is 30.5 Å². The Morgan fingerprint density at radius 2 is 1.74 bits per heavy atom. The molecule has 0 N–H and O–H groups in total. The summed E-state index contributed by atoms with van der Waals surface area (Å²) in [6.07, 6.45) is 3.82. The van der Waals surface area contributed by atoms with Crippen molar-refractivity contribution in [3.05, 3.63) is 72.1 Å². The van der Waals surface area contributed by atoms with Crippen molar-refractivity contribution in [1.82, 2.24) is 14.4 Å². The van der Waals surface area contributed by atoms with Gasteiger partial charge in [0, 0.05) is 11.9 Å². The van der Waals surface area contributed by atoms with Gasteiger partial charge in [-0.1, -0.05) is 42.5 Å². The summed E-state index contributed by atoms with van der Waals surface area (Å²) in [4.78, 5) is 9.08. The van der Waals surface area contributed by atoms with E-state index in [2.05, 4.69) is 44.7 Å². The van der Waals surface area contributed by atoms with Crippen molar-refractivity contribution in [2.75, 3.05) is 7.11 Å². The van der Waals surface area contributed by atoms with Gasteiger partial charge in [0.25, 0.3) is 5.88 Å². The van der Waals surface area contributed by atoms with Gasteiger partial charge in [0.05, 0.1) is 18.1 Å². The Bertz CT molecular complexity index is 960. The van der Waals surface area contributed by atoms with Crippen LogP contribution in [-0.4, -0.2) is 21.5 Å². The van der Waals surface area contributed by atoms with Crippen LogP contribution in [0.2, 0.25) is 0 Å². The summed E-state index contributed by atoms with van der Waals surface area (Å²) in [6, 6.07) is 18.6. The number of aromatic nitrogens is 3. The Morgan fingerprint density at radius 1 is 0.957 bits per heavy atom. The standard InChI is InChI=1S/C19H17N3O/c1-23-19-18-20-13-15(12-11-14-7-3-2-4-8-14)22(18)17-10-6-5-9-16(17)21-19/h2-10,13H,11-12H2,1H3. The van der Waals surface area contributed by atoms with Crippen molar-refractivity contribution in [1.29, 1.82) is 0 Å². The number of imidazole rings is 1. The van der Waals surface area contributed by atoms with Crippen molar-refractivity contribution in [2.24, 2.45) is 0 Å². The first-order valence-corrected chi connectivity index (χ1v) is 7.70. The largest absolute Gasteiger partial charge is 0.478 e. The highest BCUT2D eigenvalue weighted by Crippen LogP contribution is 2.24. The van der Waals surface area contributed by atoms with Gasteiger partial charge >= 0.3 is 0 Å². The zero-order valence-electron chi connectivity index (χ0n) is 12.9. The van der Waals surface area contributed by atoms with Gasteiger partial charge in [0.1, 0.15) is 0 Å². The van der Waals surface area contributed by atoms with Crippen LogP contribution >= 0.6 is 0 Å². The Balaban J connectivity index is 1.82. The molecule has 0 unspecified atom stereocenters. The van der Waals surface area contributed by atoms with E-state index in [-0.39, 0.29) is 0 Å². The minimum Gasteiger partial charge on any atom is -0.478 e. The van der Waals surface area contributed by atoms with E-state index >= 15 is 0 Å². The zero-order valence-corrected chi connectivity index (χ0v) is 12.9. The quantitative estimate of drug-likeness (QED) is 0.577. The highest BCUT2D eigenvalue weighted by molar-refractivity contribution is 5.80. The molecule has 2 heterocycles. The van der Waals surface area contributed by atoms with Crippen LogP contribution in [0.1, 0.15) is 11.3 Å². The lowest BCUT2D eigenvalue weighted by molar-refractivity contribution is 0.402. The minimum absolute atomic E-state index is 0.565. The van der Waals surface area contributed by atoms with Crippen LogP contribution in [0, 0.1) is 0 Å². The van der Waals surface area contributed by atoms with Crippen molar-refractivity contribution in [2.45, 2.75) is 12.8 Å². The number of benzene rings is 2. The summed E-state index contributed by atoms with van der Waals surface area (Å²) in [6.45, 7) is 0. The smallest absolute Gasteiger partial charge is 0.258 e. The van der Waals surface area contributed by atoms with Crippen LogP contribution < -0.4 is 4.74 Å². The van der Waals surface area contributed by atoms with Gasteiger partial charge in [0.15, 0.2) is 0 Å². The number of rotatable bonds is 4. The molecule has 2 aromatic heterocycles. The van der Waals surface area contributed by atoms with Crippen LogP contribution in [0.15, 0.2) is 60.8 Å². The van der Waals surface area contributed by atoms with Crippen molar-refractivity contribution >= 4 is 16.7 Å². The first-order chi connectivity index (χ1) is 11.4. The Morgan fingerprint density at radius 3 is 2.57 bits per heavy atom.